The van der Waals surface area contributed by atoms with Crippen LogP contribution in [0.5, 0.6) is 11.5 Å². The number of rotatable bonds is 8. The molecule has 1 aliphatic heterocycles. The molecule has 6 nitrogen and oxygen atoms in total. The molecule has 1 fully saturated rings. The van der Waals surface area contributed by atoms with E-state index in [0.717, 1.165) is 43.4 Å². The summed E-state index contributed by atoms with van der Waals surface area (Å²) in [4.78, 5) is 4.59. The van der Waals surface area contributed by atoms with Gasteiger partial charge in [-0.1, -0.05) is 0 Å². The van der Waals surface area contributed by atoms with Crippen molar-refractivity contribution >= 4 is 5.69 Å². The lowest BCUT2D eigenvalue weighted by molar-refractivity contribution is -0.00900. The average Bonchev–Trinajstić information content (AvgIpc) is 2.60. The summed E-state index contributed by atoms with van der Waals surface area (Å²) in [7, 11) is 3.33. The highest BCUT2D eigenvalue weighted by atomic mass is 16.5. The molecule has 6 heteroatoms. The molecular formula is C18H30N2O4. The molecule has 0 saturated carbocycles. The number of benzene rings is 1. The van der Waals surface area contributed by atoms with Crippen molar-refractivity contribution in [2.75, 3.05) is 58.5 Å². The molecule has 0 spiro atoms. The number of hydrogen-bond donors (Lipinski definition) is 1. The van der Waals surface area contributed by atoms with Crippen molar-refractivity contribution in [2.24, 2.45) is 0 Å². The van der Waals surface area contributed by atoms with Gasteiger partial charge in [0.05, 0.1) is 38.7 Å². The van der Waals surface area contributed by atoms with Crippen LogP contribution in [-0.4, -0.2) is 75.8 Å². The molecule has 1 saturated heterocycles. The molecule has 1 aromatic carbocycles. The summed E-state index contributed by atoms with van der Waals surface area (Å²) in [5.74, 6) is 1.62. The number of ether oxygens (including phenoxy) is 3. The Balaban J connectivity index is 1.86. The van der Waals surface area contributed by atoms with Crippen LogP contribution in [0.3, 0.4) is 0 Å². The molecule has 1 aromatic rings. The van der Waals surface area contributed by atoms with Gasteiger partial charge in [0.15, 0.2) is 0 Å². The Labute approximate surface area is 144 Å². The number of nitrogens with zero attached hydrogens (tertiary/aromatic N) is 2. The minimum atomic E-state index is -0.436. The highest BCUT2D eigenvalue weighted by Gasteiger charge is 2.21. The van der Waals surface area contributed by atoms with E-state index in [1.54, 1.807) is 14.2 Å². The van der Waals surface area contributed by atoms with Crippen molar-refractivity contribution in [3.63, 3.8) is 0 Å². The number of β-amino-alcohol motifs (C(OH)–C–C–N with tert-alkyl or cyclic N) is 1. The molecule has 1 atom stereocenters. The van der Waals surface area contributed by atoms with Gasteiger partial charge in [-0.25, -0.2) is 0 Å². The maximum Gasteiger partial charge on any atom is 0.145 e. The van der Waals surface area contributed by atoms with Crippen LogP contribution >= 0.6 is 0 Å². The van der Waals surface area contributed by atoms with Gasteiger partial charge < -0.3 is 24.2 Å². The van der Waals surface area contributed by atoms with E-state index < -0.39 is 6.10 Å². The van der Waals surface area contributed by atoms with Crippen LogP contribution < -0.4 is 14.4 Å². The van der Waals surface area contributed by atoms with Crippen molar-refractivity contribution < 1.29 is 19.3 Å². The van der Waals surface area contributed by atoms with E-state index in [1.165, 1.54) is 0 Å². The normalized spacial score (nSPS) is 17.2. The molecule has 0 aromatic heterocycles. The number of anilines is 1. The van der Waals surface area contributed by atoms with Gasteiger partial charge in [-0.3, -0.25) is 4.90 Å². The smallest absolute Gasteiger partial charge is 0.145 e. The molecule has 0 radical (unpaired) electrons. The van der Waals surface area contributed by atoms with Gasteiger partial charge in [-0.2, -0.15) is 0 Å². The third-order valence-corrected chi connectivity index (χ3v) is 4.19. The summed E-state index contributed by atoms with van der Waals surface area (Å²) < 4.78 is 16.2. The highest BCUT2D eigenvalue weighted by Crippen LogP contribution is 2.32. The summed E-state index contributed by atoms with van der Waals surface area (Å²) in [5.41, 5.74) is 1.08. The SMILES string of the molecule is COc1ccc(N2CCN(CC(O)COC(C)C)CC2)c(OC)c1. The Bertz CT molecular complexity index is 502. The van der Waals surface area contributed by atoms with E-state index in [1.807, 2.05) is 32.0 Å². The highest BCUT2D eigenvalue weighted by molar-refractivity contribution is 5.61. The van der Waals surface area contributed by atoms with Crippen LogP contribution in [0.1, 0.15) is 13.8 Å². The Kier molecular flexibility index (Phi) is 7.15. The lowest BCUT2D eigenvalue weighted by atomic mass is 10.2. The first-order valence-electron chi connectivity index (χ1n) is 8.52. The first-order valence-corrected chi connectivity index (χ1v) is 8.52. The van der Waals surface area contributed by atoms with Crippen molar-refractivity contribution in [1.29, 1.82) is 0 Å². The van der Waals surface area contributed by atoms with E-state index in [4.69, 9.17) is 14.2 Å². The lowest BCUT2D eigenvalue weighted by Crippen LogP contribution is -2.49. The third-order valence-electron chi connectivity index (χ3n) is 4.19. The Morgan fingerprint density at radius 3 is 2.38 bits per heavy atom. The number of methoxy groups -OCH3 is 2. The van der Waals surface area contributed by atoms with Crippen LogP contribution in [0.4, 0.5) is 5.69 Å². The summed E-state index contributed by atoms with van der Waals surface area (Å²) in [5, 5.41) is 10.1. The van der Waals surface area contributed by atoms with Gasteiger partial charge >= 0.3 is 0 Å². The first-order chi connectivity index (χ1) is 11.5. The predicted molar refractivity (Wildman–Crippen MR) is 95.3 cm³/mol. The molecule has 136 valence electrons. The number of hydrogen-bond acceptors (Lipinski definition) is 6. The fraction of sp³-hybridized carbons (Fsp3) is 0.667. The zero-order valence-corrected chi connectivity index (χ0v) is 15.2. The van der Waals surface area contributed by atoms with Gasteiger partial charge in [0, 0.05) is 38.8 Å². The molecular weight excluding hydrogens is 308 g/mol. The second-order valence-corrected chi connectivity index (χ2v) is 6.36. The molecule has 1 heterocycles. The minimum absolute atomic E-state index is 0.152. The average molecular weight is 338 g/mol. The predicted octanol–water partition coefficient (Wildman–Crippen LogP) is 1.61. The quantitative estimate of drug-likeness (QED) is 0.777. The minimum Gasteiger partial charge on any atom is -0.497 e. The molecule has 0 amide bonds. The first kappa shape index (κ1) is 18.8. The van der Waals surface area contributed by atoms with Crippen molar-refractivity contribution in [1.82, 2.24) is 4.90 Å². The molecule has 0 aliphatic carbocycles. The Hall–Kier alpha value is -1.50. The second-order valence-electron chi connectivity index (χ2n) is 6.36. The molecule has 2 rings (SSSR count). The fourth-order valence-corrected chi connectivity index (χ4v) is 2.87. The zero-order chi connectivity index (χ0) is 17.5. The summed E-state index contributed by atoms with van der Waals surface area (Å²) >= 11 is 0. The van der Waals surface area contributed by atoms with Gasteiger partial charge in [-0.15, -0.1) is 0 Å². The van der Waals surface area contributed by atoms with E-state index in [0.29, 0.717) is 13.2 Å². The number of piperazine rings is 1. The van der Waals surface area contributed by atoms with Gasteiger partial charge in [-0.05, 0) is 26.0 Å². The summed E-state index contributed by atoms with van der Waals surface area (Å²) in [6, 6.07) is 5.91. The van der Waals surface area contributed by atoms with Crippen molar-refractivity contribution in [3.05, 3.63) is 18.2 Å². The van der Waals surface area contributed by atoms with Crippen LogP contribution in [-0.2, 0) is 4.74 Å². The largest absolute Gasteiger partial charge is 0.497 e. The van der Waals surface area contributed by atoms with Crippen molar-refractivity contribution in [2.45, 2.75) is 26.1 Å². The van der Waals surface area contributed by atoms with Crippen LogP contribution in [0.15, 0.2) is 18.2 Å². The Morgan fingerprint density at radius 1 is 1.08 bits per heavy atom. The monoisotopic (exact) mass is 338 g/mol. The molecule has 24 heavy (non-hydrogen) atoms. The number of aliphatic hydroxyl groups is 1. The standard InChI is InChI=1S/C18H30N2O4/c1-14(2)24-13-15(21)12-19-7-9-20(10-8-19)17-6-5-16(22-3)11-18(17)23-4/h5-6,11,14-15,21H,7-10,12-13H2,1-4H3. The number of aliphatic hydroxyl groups excluding tert-OH is 1. The van der Waals surface area contributed by atoms with E-state index in [2.05, 4.69) is 9.80 Å². The second kappa shape index (κ2) is 9.11. The van der Waals surface area contributed by atoms with Gasteiger partial charge in [0.2, 0.25) is 0 Å². The Morgan fingerprint density at radius 2 is 1.79 bits per heavy atom. The van der Waals surface area contributed by atoms with Crippen LogP contribution in [0.2, 0.25) is 0 Å². The van der Waals surface area contributed by atoms with E-state index in [-0.39, 0.29) is 6.10 Å². The van der Waals surface area contributed by atoms with Gasteiger partial charge in [0.1, 0.15) is 11.5 Å². The van der Waals surface area contributed by atoms with E-state index >= 15 is 0 Å². The maximum absolute atomic E-state index is 10.1. The van der Waals surface area contributed by atoms with Gasteiger partial charge in [0.25, 0.3) is 0 Å². The van der Waals surface area contributed by atoms with Crippen LogP contribution in [0.25, 0.3) is 0 Å². The maximum atomic E-state index is 10.1. The van der Waals surface area contributed by atoms with E-state index in [9.17, 15) is 5.11 Å². The fourth-order valence-electron chi connectivity index (χ4n) is 2.87. The molecule has 0 bridgehead atoms. The lowest BCUT2D eigenvalue weighted by Gasteiger charge is -2.37. The molecule has 1 N–H and O–H groups in total. The molecule has 1 unspecified atom stereocenters. The topological polar surface area (TPSA) is 54.4 Å². The summed E-state index contributed by atoms with van der Waals surface area (Å²) in [6.07, 6.45) is -0.284. The zero-order valence-electron chi connectivity index (χ0n) is 15.2. The summed E-state index contributed by atoms with van der Waals surface area (Å²) in [6.45, 7) is 8.63. The molecule has 1 aliphatic rings. The van der Waals surface area contributed by atoms with Crippen molar-refractivity contribution in [3.8, 4) is 11.5 Å². The third kappa shape index (κ3) is 5.26. The van der Waals surface area contributed by atoms with Crippen LogP contribution in [0, 0.1) is 0 Å².